The highest BCUT2D eigenvalue weighted by atomic mass is 16.5. The Morgan fingerprint density at radius 2 is 2.00 bits per heavy atom. The van der Waals surface area contributed by atoms with Gasteiger partial charge in [0.1, 0.15) is 18.2 Å². The number of carbonyl (C=O) groups excluding carboxylic acids is 1. The van der Waals surface area contributed by atoms with Gasteiger partial charge in [0.2, 0.25) is 0 Å². The molecule has 132 valence electrons. The van der Waals surface area contributed by atoms with Crippen LogP contribution in [-0.2, 0) is 9.53 Å². The summed E-state index contributed by atoms with van der Waals surface area (Å²) in [6, 6.07) is 0. The van der Waals surface area contributed by atoms with Crippen LogP contribution >= 0.6 is 0 Å². The molecule has 0 spiro atoms. The van der Waals surface area contributed by atoms with Crippen LogP contribution in [0.3, 0.4) is 0 Å². The Balaban J connectivity index is 1.53. The minimum Gasteiger partial charge on any atom is -0.344 e. The Kier molecular flexibility index (Phi) is 4.11. The molecule has 7 atom stereocenters. The standard InChI is InChI=1S/C15H25N7O2/c1-6(2)7-3-8-11(23)9-4-10(13-19-21-22-20-13)12(16)18-15(9)24-14(8)17-5-7/h6-10,12,14-15,17-18H,3-5,16H2,1-2H3,(H,19,20,21,22). The average Bonchev–Trinajstić information content (AvgIpc) is 3.08. The van der Waals surface area contributed by atoms with Gasteiger partial charge in [0.15, 0.2) is 5.82 Å². The number of rotatable bonds is 2. The summed E-state index contributed by atoms with van der Waals surface area (Å²) < 4.78 is 6.14. The molecule has 0 amide bonds. The van der Waals surface area contributed by atoms with Crippen LogP contribution in [0, 0.1) is 23.7 Å². The second-order valence-electron chi connectivity index (χ2n) is 7.55. The van der Waals surface area contributed by atoms with Crippen LogP contribution in [0.2, 0.25) is 0 Å². The van der Waals surface area contributed by atoms with E-state index in [1.54, 1.807) is 0 Å². The molecule has 5 N–H and O–H groups in total. The van der Waals surface area contributed by atoms with Gasteiger partial charge in [-0.1, -0.05) is 19.1 Å². The predicted molar refractivity (Wildman–Crippen MR) is 84.2 cm³/mol. The largest absolute Gasteiger partial charge is 0.344 e. The van der Waals surface area contributed by atoms with Crippen molar-refractivity contribution >= 4 is 5.78 Å². The molecule has 3 aliphatic rings. The lowest BCUT2D eigenvalue weighted by atomic mass is 9.72. The number of H-pyrrole nitrogens is 1. The Morgan fingerprint density at radius 3 is 2.71 bits per heavy atom. The normalized spacial score (nSPS) is 42.7. The van der Waals surface area contributed by atoms with Crippen molar-refractivity contribution in [3.8, 4) is 0 Å². The molecule has 0 saturated carbocycles. The molecule has 1 aromatic heterocycles. The Bertz CT molecular complexity index is 593. The van der Waals surface area contributed by atoms with E-state index in [9.17, 15) is 4.79 Å². The van der Waals surface area contributed by atoms with Crippen LogP contribution in [0.1, 0.15) is 38.4 Å². The van der Waals surface area contributed by atoms with Crippen LogP contribution in [0.5, 0.6) is 0 Å². The van der Waals surface area contributed by atoms with E-state index >= 15 is 0 Å². The Hall–Kier alpha value is -1.42. The number of nitrogens with one attached hydrogen (secondary N) is 3. The molecule has 0 aromatic carbocycles. The molecule has 9 heteroatoms. The summed E-state index contributed by atoms with van der Waals surface area (Å²) in [6.07, 6.45) is 0.554. The van der Waals surface area contributed by atoms with Gasteiger partial charge in [-0.3, -0.25) is 15.4 Å². The number of aromatic amines is 1. The maximum Gasteiger partial charge on any atom is 0.180 e. The van der Waals surface area contributed by atoms with Crippen molar-refractivity contribution in [3.05, 3.63) is 5.82 Å². The first kappa shape index (κ1) is 16.1. The minimum absolute atomic E-state index is 0.0885. The summed E-state index contributed by atoms with van der Waals surface area (Å²) in [7, 11) is 0. The van der Waals surface area contributed by atoms with E-state index in [1.165, 1.54) is 0 Å². The summed E-state index contributed by atoms with van der Waals surface area (Å²) in [4.78, 5) is 13.1. The summed E-state index contributed by atoms with van der Waals surface area (Å²) in [5, 5.41) is 20.8. The zero-order chi connectivity index (χ0) is 16.8. The SMILES string of the molecule is CC(C)C1CNC2OC3NC(N)C(c4nn[nH]n4)CC3C(=O)C2C1. The van der Waals surface area contributed by atoms with Crippen LogP contribution in [-0.4, -0.2) is 51.6 Å². The molecule has 3 aliphatic heterocycles. The third-order valence-electron chi connectivity index (χ3n) is 5.83. The second kappa shape index (κ2) is 6.14. The zero-order valence-electron chi connectivity index (χ0n) is 14.0. The number of ether oxygens (including phenoxy) is 1. The molecule has 24 heavy (non-hydrogen) atoms. The highest BCUT2D eigenvalue weighted by molar-refractivity contribution is 5.85. The molecule has 7 unspecified atom stereocenters. The monoisotopic (exact) mass is 335 g/mol. The van der Waals surface area contributed by atoms with E-state index in [4.69, 9.17) is 10.5 Å². The zero-order valence-corrected chi connectivity index (χ0v) is 14.0. The first-order chi connectivity index (χ1) is 11.5. The molecule has 3 fully saturated rings. The summed E-state index contributed by atoms with van der Waals surface area (Å²) in [5.41, 5.74) is 6.21. The molecule has 0 radical (unpaired) electrons. The van der Waals surface area contributed by atoms with Crippen LogP contribution in [0.25, 0.3) is 0 Å². The van der Waals surface area contributed by atoms with Gasteiger partial charge >= 0.3 is 0 Å². The van der Waals surface area contributed by atoms with Gasteiger partial charge in [-0.2, -0.15) is 5.21 Å². The highest BCUT2D eigenvalue weighted by Gasteiger charge is 2.51. The predicted octanol–water partition coefficient (Wildman–Crippen LogP) is -0.689. The molecular weight excluding hydrogens is 310 g/mol. The molecule has 4 rings (SSSR count). The third kappa shape index (κ3) is 2.65. The summed E-state index contributed by atoms with van der Waals surface area (Å²) in [5.74, 6) is 1.41. The van der Waals surface area contributed by atoms with E-state index in [0.717, 1.165) is 13.0 Å². The number of ketones is 1. The number of piperidine rings is 2. The van der Waals surface area contributed by atoms with Crippen molar-refractivity contribution in [2.45, 2.75) is 51.2 Å². The van der Waals surface area contributed by atoms with Crippen LogP contribution in [0.15, 0.2) is 0 Å². The summed E-state index contributed by atoms with van der Waals surface area (Å²) >= 11 is 0. The number of fused-ring (bicyclic) bond motifs is 2. The third-order valence-corrected chi connectivity index (χ3v) is 5.83. The Labute approximate surface area is 140 Å². The first-order valence-corrected chi connectivity index (χ1v) is 8.72. The van der Waals surface area contributed by atoms with Crippen LogP contribution < -0.4 is 16.4 Å². The smallest absolute Gasteiger partial charge is 0.180 e. The summed E-state index contributed by atoms with van der Waals surface area (Å²) in [6.45, 7) is 5.30. The van der Waals surface area contributed by atoms with Crippen molar-refractivity contribution < 1.29 is 9.53 Å². The number of nitrogens with two attached hydrogens (primary N) is 1. The molecule has 0 bridgehead atoms. The molecule has 0 aliphatic carbocycles. The second-order valence-corrected chi connectivity index (χ2v) is 7.55. The van der Waals surface area contributed by atoms with E-state index in [1.807, 2.05) is 0 Å². The lowest BCUT2D eigenvalue weighted by Crippen LogP contribution is -2.66. The maximum absolute atomic E-state index is 13.1. The van der Waals surface area contributed by atoms with Crippen molar-refractivity contribution in [3.63, 3.8) is 0 Å². The first-order valence-electron chi connectivity index (χ1n) is 8.72. The van der Waals surface area contributed by atoms with Gasteiger partial charge in [0.05, 0.1) is 23.9 Å². The number of Topliss-reactive ketones (excluding diaryl/α,β-unsaturated/α-hetero) is 1. The van der Waals surface area contributed by atoms with Gasteiger partial charge in [-0.05, 0) is 24.7 Å². The fourth-order valence-corrected chi connectivity index (χ4v) is 4.25. The fourth-order valence-electron chi connectivity index (χ4n) is 4.25. The van der Waals surface area contributed by atoms with E-state index < -0.39 is 0 Å². The number of hydrogen-bond donors (Lipinski definition) is 4. The van der Waals surface area contributed by atoms with Gasteiger partial charge in [-0.25, -0.2) is 0 Å². The van der Waals surface area contributed by atoms with E-state index in [2.05, 4.69) is 45.1 Å². The number of nitrogens with zero attached hydrogens (tertiary/aromatic N) is 3. The van der Waals surface area contributed by atoms with Gasteiger partial charge in [0, 0.05) is 6.54 Å². The number of carbonyl (C=O) groups is 1. The van der Waals surface area contributed by atoms with Crippen molar-refractivity contribution in [2.75, 3.05) is 6.54 Å². The fraction of sp³-hybridized carbons (Fsp3) is 0.867. The average molecular weight is 335 g/mol. The highest BCUT2D eigenvalue weighted by Crippen LogP contribution is 2.40. The lowest BCUT2D eigenvalue weighted by Gasteiger charge is -2.49. The number of hydrogen-bond acceptors (Lipinski definition) is 8. The molecule has 4 heterocycles. The van der Waals surface area contributed by atoms with Gasteiger partial charge in [-0.15, -0.1) is 10.2 Å². The minimum atomic E-state index is -0.361. The van der Waals surface area contributed by atoms with Crippen molar-refractivity contribution in [1.82, 2.24) is 31.3 Å². The van der Waals surface area contributed by atoms with Gasteiger partial charge < -0.3 is 10.5 Å². The van der Waals surface area contributed by atoms with Crippen molar-refractivity contribution in [2.24, 2.45) is 29.4 Å². The van der Waals surface area contributed by atoms with E-state index in [-0.39, 0.29) is 42.2 Å². The number of aromatic nitrogens is 4. The molecule has 9 nitrogen and oxygen atoms in total. The van der Waals surface area contributed by atoms with Crippen molar-refractivity contribution in [1.29, 1.82) is 0 Å². The molecular formula is C15H25N7O2. The topological polar surface area (TPSA) is 131 Å². The quantitative estimate of drug-likeness (QED) is 0.559. The lowest BCUT2D eigenvalue weighted by molar-refractivity contribution is -0.184. The van der Waals surface area contributed by atoms with Gasteiger partial charge in [0.25, 0.3) is 0 Å². The van der Waals surface area contributed by atoms with E-state index in [0.29, 0.717) is 24.1 Å². The molecule has 1 aromatic rings. The Morgan fingerprint density at radius 1 is 1.21 bits per heavy atom. The van der Waals surface area contributed by atoms with Crippen LogP contribution in [0.4, 0.5) is 0 Å². The molecule has 3 saturated heterocycles. The number of tetrazole rings is 1. The maximum atomic E-state index is 13.1.